The van der Waals surface area contributed by atoms with Gasteiger partial charge in [-0.05, 0) is 25.9 Å². The molecule has 0 amide bonds. The van der Waals surface area contributed by atoms with Crippen LogP contribution in [0.3, 0.4) is 0 Å². The van der Waals surface area contributed by atoms with E-state index in [1.165, 1.54) is 0 Å². The van der Waals surface area contributed by atoms with E-state index >= 15 is 0 Å². The molecule has 0 spiro atoms. The lowest BCUT2D eigenvalue weighted by molar-refractivity contribution is -0.151. The molecule has 11 heteroatoms. The summed E-state index contributed by atoms with van der Waals surface area (Å²) >= 11 is 0. The minimum absolute atomic E-state index is 0.0338. The molecular weight excluding hydrogens is 414 g/mol. The topological polar surface area (TPSA) is 139 Å². The van der Waals surface area contributed by atoms with E-state index in [0.717, 1.165) is 25.9 Å². The molecule has 1 aliphatic heterocycles. The first-order valence-electron chi connectivity index (χ1n) is 10.6. The number of ether oxygens (including phenoxy) is 6. The van der Waals surface area contributed by atoms with Crippen molar-refractivity contribution in [2.75, 3.05) is 79.2 Å². The first kappa shape index (κ1) is 27.4. The zero-order chi connectivity index (χ0) is 22.6. The van der Waals surface area contributed by atoms with E-state index in [0.29, 0.717) is 59.0 Å². The van der Waals surface area contributed by atoms with Crippen molar-refractivity contribution in [1.29, 1.82) is 0 Å². The fourth-order valence-electron chi connectivity index (χ4n) is 2.61. The van der Waals surface area contributed by atoms with Crippen LogP contribution in [0.25, 0.3) is 0 Å². The maximum atomic E-state index is 11.3. The number of carbonyl (C=O) groups excluding carboxylic acids is 2. The van der Waals surface area contributed by atoms with Crippen LogP contribution in [-0.2, 0) is 42.8 Å². The summed E-state index contributed by atoms with van der Waals surface area (Å²) in [7, 11) is 0. The molecule has 0 aromatic rings. The highest BCUT2D eigenvalue weighted by molar-refractivity contribution is 6.32. The largest absolute Gasteiger partial charge is 0.476 e. The Morgan fingerprint density at radius 1 is 0.710 bits per heavy atom. The van der Waals surface area contributed by atoms with Crippen molar-refractivity contribution in [3.63, 3.8) is 0 Å². The average molecular weight is 449 g/mol. The molecule has 0 bridgehead atoms. The van der Waals surface area contributed by atoms with Crippen LogP contribution in [-0.4, -0.2) is 108 Å². The molecule has 0 radical (unpaired) electrons. The maximum absolute atomic E-state index is 11.3. The molecule has 180 valence electrons. The van der Waals surface area contributed by atoms with Crippen LogP contribution in [0, 0.1) is 0 Å². The average Bonchev–Trinajstić information content (AvgIpc) is 2.77. The van der Waals surface area contributed by atoms with Crippen LogP contribution in [0.15, 0.2) is 0 Å². The molecule has 1 aliphatic rings. The van der Waals surface area contributed by atoms with Gasteiger partial charge in [0.15, 0.2) is 0 Å². The summed E-state index contributed by atoms with van der Waals surface area (Å²) in [6.45, 7) is 6.08. The van der Waals surface area contributed by atoms with E-state index in [9.17, 15) is 14.4 Å². The number of Topliss-reactive ketones (excluding diaryl/α,β-unsaturated/α-hetero) is 1. The molecule has 0 aliphatic carbocycles. The number of nitrogens with one attached hydrogen (secondary N) is 1. The monoisotopic (exact) mass is 449 g/mol. The van der Waals surface area contributed by atoms with Crippen molar-refractivity contribution in [2.24, 2.45) is 0 Å². The van der Waals surface area contributed by atoms with Crippen molar-refractivity contribution in [3.05, 3.63) is 0 Å². The summed E-state index contributed by atoms with van der Waals surface area (Å²) in [6, 6.07) is 0. The molecule has 0 atom stereocenters. The number of aliphatic carboxylic acids is 1. The minimum Gasteiger partial charge on any atom is -0.476 e. The predicted molar refractivity (Wildman–Crippen MR) is 108 cm³/mol. The first-order valence-corrected chi connectivity index (χ1v) is 10.6. The van der Waals surface area contributed by atoms with E-state index in [-0.39, 0.29) is 26.1 Å². The van der Waals surface area contributed by atoms with Gasteiger partial charge in [-0.2, -0.15) is 0 Å². The van der Waals surface area contributed by atoms with Gasteiger partial charge in [-0.3, -0.25) is 9.59 Å². The molecule has 1 fully saturated rings. The van der Waals surface area contributed by atoms with Crippen LogP contribution in [0.5, 0.6) is 0 Å². The van der Waals surface area contributed by atoms with E-state index in [4.69, 9.17) is 33.5 Å². The van der Waals surface area contributed by atoms with Gasteiger partial charge < -0.3 is 38.8 Å². The molecule has 1 heterocycles. The molecular formula is C20H35NO10. The van der Waals surface area contributed by atoms with Gasteiger partial charge in [0.1, 0.15) is 6.61 Å². The summed E-state index contributed by atoms with van der Waals surface area (Å²) in [6.07, 6.45) is 1.83. The summed E-state index contributed by atoms with van der Waals surface area (Å²) < 4.78 is 32.0. The highest BCUT2D eigenvalue weighted by Gasteiger charge is 2.14. The Hall–Kier alpha value is -1.63. The van der Waals surface area contributed by atoms with Crippen molar-refractivity contribution < 1.29 is 47.9 Å². The molecule has 2 N–H and O–H groups in total. The second-order valence-corrected chi connectivity index (χ2v) is 6.72. The van der Waals surface area contributed by atoms with Gasteiger partial charge in [-0.1, -0.05) is 0 Å². The summed E-state index contributed by atoms with van der Waals surface area (Å²) in [4.78, 5) is 32.4. The van der Waals surface area contributed by atoms with Gasteiger partial charge in [0, 0.05) is 6.42 Å². The minimum atomic E-state index is -1.55. The van der Waals surface area contributed by atoms with Gasteiger partial charge >= 0.3 is 11.9 Å². The Kier molecular flexibility index (Phi) is 16.9. The highest BCUT2D eigenvalue weighted by atomic mass is 16.6. The third kappa shape index (κ3) is 16.7. The number of rotatable bonds is 20. The third-order valence-electron chi connectivity index (χ3n) is 4.27. The van der Waals surface area contributed by atoms with Crippen LogP contribution >= 0.6 is 0 Å². The predicted octanol–water partition coefficient (Wildman–Crippen LogP) is -0.201. The SMILES string of the molecule is O=C(CCC(=O)C(=O)O)OCCOCCOCCOCCOCCOC1CCNCC1. The van der Waals surface area contributed by atoms with E-state index < -0.39 is 17.7 Å². The van der Waals surface area contributed by atoms with Gasteiger partial charge in [0.25, 0.3) is 0 Å². The highest BCUT2D eigenvalue weighted by Crippen LogP contribution is 2.06. The normalized spacial score (nSPS) is 14.5. The summed E-state index contributed by atoms with van der Waals surface area (Å²) in [5, 5.41) is 11.7. The Labute approximate surface area is 182 Å². The zero-order valence-corrected chi connectivity index (χ0v) is 18.0. The Bertz CT molecular complexity index is 496. The van der Waals surface area contributed by atoms with Gasteiger partial charge in [-0.15, -0.1) is 0 Å². The van der Waals surface area contributed by atoms with Gasteiger partial charge in [0.2, 0.25) is 5.78 Å². The van der Waals surface area contributed by atoms with E-state index in [1.54, 1.807) is 0 Å². The lowest BCUT2D eigenvalue weighted by Crippen LogP contribution is -2.33. The number of esters is 1. The number of carboxylic acids is 1. The summed E-state index contributed by atoms with van der Waals surface area (Å²) in [5.41, 5.74) is 0. The third-order valence-corrected chi connectivity index (χ3v) is 4.27. The number of piperidine rings is 1. The Morgan fingerprint density at radius 3 is 1.71 bits per heavy atom. The molecule has 11 nitrogen and oxygen atoms in total. The second-order valence-electron chi connectivity index (χ2n) is 6.72. The molecule has 0 unspecified atom stereocenters. The maximum Gasteiger partial charge on any atom is 0.372 e. The number of ketones is 1. The lowest BCUT2D eigenvalue weighted by atomic mass is 10.1. The zero-order valence-electron chi connectivity index (χ0n) is 18.0. The lowest BCUT2D eigenvalue weighted by Gasteiger charge is -2.22. The molecule has 0 saturated carbocycles. The smallest absolute Gasteiger partial charge is 0.372 e. The fraction of sp³-hybridized carbons (Fsp3) is 0.850. The quantitative estimate of drug-likeness (QED) is 0.145. The van der Waals surface area contributed by atoms with E-state index in [1.807, 2.05) is 0 Å². The standard InChI is InChI=1S/C20H35NO10/c22-18(20(24)25)1-2-19(23)31-16-14-29-12-10-27-8-7-26-9-11-28-13-15-30-17-3-5-21-6-4-17/h17,21H,1-16H2,(H,24,25). The molecule has 1 saturated heterocycles. The van der Waals surface area contributed by atoms with Crippen LogP contribution < -0.4 is 5.32 Å². The summed E-state index contributed by atoms with van der Waals surface area (Å²) in [5.74, 6) is -3.20. The van der Waals surface area contributed by atoms with Gasteiger partial charge in [0.05, 0.1) is 72.0 Å². The Morgan fingerprint density at radius 2 is 1.19 bits per heavy atom. The van der Waals surface area contributed by atoms with E-state index in [2.05, 4.69) is 5.32 Å². The van der Waals surface area contributed by atoms with Gasteiger partial charge in [-0.25, -0.2) is 4.79 Å². The van der Waals surface area contributed by atoms with Crippen LogP contribution in [0.1, 0.15) is 25.7 Å². The van der Waals surface area contributed by atoms with Crippen molar-refractivity contribution in [3.8, 4) is 0 Å². The Balaban J connectivity index is 1.72. The second kappa shape index (κ2) is 19.1. The fourth-order valence-corrected chi connectivity index (χ4v) is 2.61. The van der Waals surface area contributed by atoms with Crippen molar-refractivity contribution >= 4 is 17.7 Å². The van der Waals surface area contributed by atoms with Crippen LogP contribution in [0.4, 0.5) is 0 Å². The molecule has 0 aromatic heterocycles. The number of carbonyl (C=O) groups is 3. The van der Waals surface area contributed by atoms with Crippen LogP contribution in [0.2, 0.25) is 0 Å². The van der Waals surface area contributed by atoms with Crippen molar-refractivity contribution in [2.45, 2.75) is 31.8 Å². The molecule has 1 rings (SSSR count). The molecule has 0 aromatic carbocycles. The number of carboxylic acid groups (broad SMARTS) is 1. The number of hydrogen-bond donors (Lipinski definition) is 2. The molecule has 31 heavy (non-hydrogen) atoms. The van der Waals surface area contributed by atoms with Crippen molar-refractivity contribution in [1.82, 2.24) is 5.32 Å². The number of hydrogen-bond acceptors (Lipinski definition) is 10. The first-order chi connectivity index (χ1) is 15.1.